The number of aliphatic hydroxyl groups is 1. The maximum absolute atomic E-state index is 12.2. The highest BCUT2D eigenvalue weighted by atomic mass is 16.3. The van der Waals surface area contributed by atoms with E-state index in [0.29, 0.717) is 6.42 Å². The molecule has 0 aliphatic carbocycles. The second-order valence-electron chi connectivity index (χ2n) is 5.31. The van der Waals surface area contributed by atoms with Gasteiger partial charge in [0.15, 0.2) is 0 Å². The zero-order valence-corrected chi connectivity index (χ0v) is 12.4. The molecule has 0 saturated carbocycles. The first-order chi connectivity index (χ1) is 9.34. The number of carbonyl (C=O) groups is 1. The second kappa shape index (κ2) is 7.22. The molecular weight excluding hydrogens is 252 g/mol. The van der Waals surface area contributed by atoms with Crippen molar-refractivity contribution in [2.75, 3.05) is 7.05 Å². The van der Waals surface area contributed by atoms with E-state index in [9.17, 15) is 9.90 Å². The van der Waals surface area contributed by atoms with Gasteiger partial charge in [-0.25, -0.2) is 0 Å². The zero-order chi connectivity index (χ0) is 15.3. The van der Waals surface area contributed by atoms with Crippen molar-refractivity contribution in [3.8, 4) is 0 Å². The highest BCUT2D eigenvalue weighted by Gasteiger charge is 2.27. The lowest BCUT2D eigenvalue weighted by atomic mass is 10.0. The fourth-order valence-electron chi connectivity index (χ4n) is 2.07. The number of rotatable bonds is 6. The third-order valence-electron chi connectivity index (χ3n) is 3.44. The van der Waals surface area contributed by atoms with Crippen molar-refractivity contribution in [3.63, 3.8) is 0 Å². The maximum Gasteiger partial charge on any atom is 0.239 e. The van der Waals surface area contributed by atoms with Gasteiger partial charge >= 0.3 is 0 Å². The van der Waals surface area contributed by atoms with E-state index in [0.717, 1.165) is 11.1 Å². The molecule has 1 amide bonds. The molecule has 4 heteroatoms. The molecule has 1 rings (SSSR count). The lowest BCUT2D eigenvalue weighted by molar-refractivity contribution is -0.135. The summed E-state index contributed by atoms with van der Waals surface area (Å²) in [6.45, 7) is 7.42. The third-order valence-corrected chi connectivity index (χ3v) is 3.44. The predicted octanol–water partition coefficient (Wildman–Crippen LogP) is 1.86. The molecule has 0 heterocycles. The van der Waals surface area contributed by atoms with E-state index >= 15 is 0 Å². The molecule has 0 aliphatic heterocycles. The first-order valence-corrected chi connectivity index (χ1v) is 6.74. The normalized spacial score (nSPS) is 15.2. The summed E-state index contributed by atoms with van der Waals surface area (Å²) in [5.41, 5.74) is 7.52. The predicted molar refractivity (Wildman–Crippen MR) is 81.0 cm³/mol. The van der Waals surface area contributed by atoms with Crippen molar-refractivity contribution in [1.29, 1.82) is 0 Å². The molecule has 0 radical (unpaired) electrons. The van der Waals surface area contributed by atoms with Crippen LogP contribution < -0.4 is 5.73 Å². The van der Waals surface area contributed by atoms with E-state index in [-0.39, 0.29) is 11.9 Å². The molecule has 0 unspecified atom stereocenters. The molecule has 0 spiro atoms. The van der Waals surface area contributed by atoms with Gasteiger partial charge in [-0.1, -0.05) is 35.9 Å². The van der Waals surface area contributed by atoms with Crippen LogP contribution in [0.2, 0.25) is 0 Å². The lowest BCUT2D eigenvalue weighted by Crippen LogP contribution is -2.47. The van der Waals surface area contributed by atoms with E-state index in [1.807, 2.05) is 44.2 Å². The average Bonchev–Trinajstić information content (AvgIpc) is 2.44. The lowest BCUT2D eigenvalue weighted by Gasteiger charge is -2.31. The molecule has 110 valence electrons. The van der Waals surface area contributed by atoms with Crippen molar-refractivity contribution >= 4 is 5.91 Å². The molecule has 3 atom stereocenters. The molecule has 0 aromatic heterocycles. The summed E-state index contributed by atoms with van der Waals surface area (Å²) in [6.07, 6.45) is -0.278. The molecule has 1 aromatic rings. The van der Waals surface area contributed by atoms with Crippen molar-refractivity contribution in [3.05, 3.63) is 48.0 Å². The van der Waals surface area contributed by atoms with Gasteiger partial charge in [0.2, 0.25) is 5.91 Å². The van der Waals surface area contributed by atoms with Crippen molar-refractivity contribution < 1.29 is 9.90 Å². The van der Waals surface area contributed by atoms with Crippen LogP contribution in [0.25, 0.3) is 0 Å². The van der Waals surface area contributed by atoms with Crippen LogP contribution in [0.4, 0.5) is 0 Å². The smallest absolute Gasteiger partial charge is 0.239 e. The zero-order valence-electron chi connectivity index (χ0n) is 12.4. The Bertz CT molecular complexity index is 459. The largest absolute Gasteiger partial charge is 0.386 e. The van der Waals surface area contributed by atoms with Gasteiger partial charge in [-0.2, -0.15) is 0 Å². The Morgan fingerprint density at radius 2 is 1.95 bits per heavy atom. The van der Waals surface area contributed by atoms with Gasteiger partial charge in [-0.15, -0.1) is 6.58 Å². The number of amides is 1. The number of benzene rings is 1. The Labute approximate surface area is 120 Å². The van der Waals surface area contributed by atoms with Gasteiger partial charge in [0.25, 0.3) is 0 Å². The monoisotopic (exact) mass is 276 g/mol. The van der Waals surface area contributed by atoms with Crippen molar-refractivity contribution in [2.45, 2.75) is 38.5 Å². The van der Waals surface area contributed by atoms with Crippen LogP contribution in [0.1, 0.15) is 31.9 Å². The van der Waals surface area contributed by atoms with Gasteiger partial charge < -0.3 is 15.7 Å². The summed E-state index contributed by atoms with van der Waals surface area (Å²) < 4.78 is 0. The Hall–Kier alpha value is -1.65. The third kappa shape index (κ3) is 4.18. The highest BCUT2D eigenvalue weighted by Crippen LogP contribution is 2.20. The van der Waals surface area contributed by atoms with Gasteiger partial charge in [0, 0.05) is 7.05 Å². The number of hydrogen-bond acceptors (Lipinski definition) is 3. The number of nitrogens with zero attached hydrogens (tertiary/aromatic N) is 1. The topological polar surface area (TPSA) is 66.6 Å². The summed E-state index contributed by atoms with van der Waals surface area (Å²) in [6, 6.07) is 8.34. The fourth-order valence-corrected chi connectivity index (χ4v) is 2.07. The van der Waals surface area contributed by atoms with Crippen LogP contribution in [0.5, 0.6) is 0 Å². The summed E-state index contributed by atoms with van der Waals surface area (Å²) in [5, 5.41) is 10.3. The van der Waals surface area contributed by atoms with Gasteiger partial charge in [-0.3, -0.25) is 4.79 Å². The van der Waals surface area contributed by atoms with E-state index in [2.05, 4.69) is 6.58 Å². The van der Waals surface area contributed by atoms with Gasteiger partial charge in [0.1, 0.15) is 0 Å². The molecule has 20 heavy (non-hydrogen) atoms. The highest BCUT2D eigenvalue weighted by molar-refractivity contribution is 5.82. The summed E-state index contributed by atoms with van der Waals surface area (Å²) in [5.74, 6) is -0.185. The minimum Gasteiger partial charge on any atom is -0.386 e. The van der Waals surface area contributed by atoms with Crippen LogP contribution in [0.15, 0.2) is 42.5 Å². The molecule has 0 saturated heterocycles. The van der Waals surface area contributed by atoms with E-state index in [1.165, 1.54) is 4.90 Å². The summed E-state index contributed by atoms with van der Waals surface area (Å²) >= 11 is 0. The summed E-state index contributed by atoms with van der Waals surface area (Å²) in [4.78, 5) is 13.7. The molecule has 0 fully saturated rings. The van der Waals surface area contributed by atoms with Crippen LogP contribution in [-0.2, 0) is 4.79 Å². The van der Waals surface area contributed by atoms with Crippen molar-refractivity contribution in [1.82, 2.24) is 4.90 Å². The number of hydrogen-bond donors (Lipinski definition) is 2. The number of likely N-dealkylation sites (N-methyl/N-ethyl adjacent to an activating group) is 1. The standard InChI is InChI=1S/C16H24N2O2/c1-11(2)10-14(17)16(20)18(4)12(3)15(19)13-8-6-5-7-9-13/h5-9,12,14-15,19H,1,10,17H2,2-4H3/t12-,14+,15+/m1/s1. The van der Waals surface area contributed by atoms with Crippen LogP contribution in [0.3, 0.4) is 0 Å². The molecule has 3 N–H and O–H groups in total. The minimum atomic E-state index is -0.734. The van der Waals surface area contributed by atoms with E-state index in [4.69, 9.17) is 5.73 Å². The average molecular weight is 276 g/mol. The first kappa shape index (κ1) is 16.4. The number of aliphatic hydroxyl groups excluding tert-OH is 1. The van der Waals surface area contributed by atoms with E-state index in [1.54, 1.807) is 7.05 Å². The molecular formula is C16H24N2O2. The van der Waals surface area contributed by atoms with Crippen LogP contribution in [0, 0.1) is 0 Å². The van der Waals surface area contributed by atoms with Gasteiger partial charge in [0.05, 0.1) is 18.2 Å². The summed E-state index contributed by atoms with van der Waals surface area (Å²) in [7, 11) is 1.66. The molecule has 4 nitrogen and oxygen atoms in total. The van der Waals surface area contributed by atoms with Crippen LogP contribution >= 0.6 is 0 Å². The second-order valence-corrected chi connectivity index (χ2v) is 5.31. The fraction of sp³-hybridized carbons (Fsp3) is 0.438. The Morgan fingerprint density at radius 3 is 2.45 bits per heavy atom. The number of carbonyl (C=O) groups excluding carboxylic acids is 1. The Kier molecular flexibility index (Phi) is 5.92. The van der Waals surface area contributed by atoms with Crippen molar-refractivity contribution in [2.24, 2.45) is 5.73 Å². The SMILES string of the molecule is C=C(C)C[C@H](N)C(=O)N(C)[C@H](C)[C@H](O)c1ccccc1. The molecule has 0 aliphatic rings. The molecule has 1 aromatic carbocycles. The first-order valence-electron chi connectivity index (χ1n) is 6.74. The quantitative estimate of drug-likeness (QED) is 0.779. The maximum atomic E-state index is 12.2. The Morgan fingerprint density at radius 1 is 1.40 bits per heavy atom. The Balaban J connectivity index is 2.73. The molecule has 0 bridgehead atoms. The van der Waals surface area contributed by atoms with E-state index < -0.39 is 12.1 Å². The van der Waals surface area contributed by atoms with Crippen LogP contribution in [-0.4, -0.2) is 35.0 Å². The number of nitrogens with two attached hydrogens (primary N) is 1. The van der Waals surface area contributed by atoms with Gasteiger partial charge in [-0.05, 0) is 25.8 Å². The minimum absolute atomic E-state index is 0.185.